The largest absolute Gasteiger partial charge is 0.492 e. The number of anilines is 2. The van der Waals surface area contributed by atoms with Crippen molar-refractivity contribution in [2.45, 2.75) is 52.6 Å². The lowest BCUT2D eigenvalue weighted by atomic mass is 9.86. The van der Waals surface area contributed by atoms with Gasteiger partial charge in [-0.2, -0.15) is 0 Å². The van der Waals surface area contributed by atoms with Gasteiger partial charge in [0.25, 0.3) is 0 Å². The van der Waals surface area contributed by atoms with Crippen LogP contribution in [-0.2, 0) is 33.8 Å². The van der Waals surface area contributed by atoms with E-state index in [0.29, 0.717) is 38.1 Å². The van der Waals surface area contributed by atoms with Gasteiger partial charge in [-0.1, -0.05) is 39.0 Å². The first-order valence-electron chi connectivity index (χ1n) is 17.3. The minimum absolute atomic E-state index is 0.172. The van der Waals surface area contributed by atoms with Gasteiger partial charge in [0.05, 0.1) is 36.8 Å². The minimum Gasteiger partial charge on any atom is -0.492 e. The van der Waals surface area contributed by atoms with Crippen molar-refractivity contribution in [2.75, 3.05) is 82.3 Å². The molecule has 0 bridgehead atoms. The summed E-state index contributed by atoms with van der Waals surface area (Å²) in [6.07, 6.45) is 0.319. The normalized spacial score (nSPS) is 16.9. The van der Waals surface area contributed by atoms with Crippen LogP contribution in [-0.4, -0.2) is 123 Å². The molecule has 3 heterocycles. The SMILES string of the molecule is COc1c(NC(=O)Oc2cc3cccc(CN4CCN(C(=O)CN5CCN(C(C)C)CC5)CC4)c3n2C)cc(C(C)(C)C)cc1NS(C)(=O)=O. The van der Waals surface area contributed by atoms with Gasteiger partial charge in [-0.05, 0) is 42.5 Å². The van der Waals surface area contributed by atoms with E-state index in [1.807, 2.05) is 55.5 Å². The highest BCUT2D eigenvalue weighted by atomic mass is 32.2. The lowest BCUT2D eigenvalue weighted by molar-refractivity contribution is -0.134. The fourth-order valence-corrected chi connectivity index (χ4v) is 7.26. The van der Waals surface area contributed by atoms with E-state index in [1.165, 1.54) is 7.11 Å². The zero-order valence-corrected chi connectivity index (χ0v) is 31.5. The van der Waals surface area contributed by atoms with E-state index in [9.17, 15) is 18.0 Å². The van der Waals surface area contributed by atoms with Gasteiger partial charge < -0.3 is 18.9 Å². The molecule has 3 aromatic rings. The van der Waals surface area contributed by atoms with E-state index in [4.69, 9.17) is 9.47 Å². The van der Waals surface area contributed by atoms with Crippen molar-refractivity contribution in [3.63, 3.8) is 0 Å². The van der Waals surface area contributed by atoms with E-state index >= 15 is 0 Å². The maximum atomic E-state index is 13.3. The molecular formula is C36H53N7O6S. The summed E-state index contributed by atoms with van der Waals surface area (Å²) < 4.78 is 39.9. The number of hydrogen-bond acceptors (Lipinski definition) is 9. The standard InChI is InChI=1S/C36H53N7O6S/c1-25(2)42-16-12-41(13-17-42)24-31(44)43-18-14-40(15-19-43)23-27-11-9-10-26-20-32(39(6)33(26)27)49-35(45)37-29-21-28(36(3,4)5)22-30(34(29)48-7)38-50(8,46)47/h9-11,20-22,25,38H,12-19,23-24H2,1-8H3,(H,37,45). The predicted octanol–water partition coefficient (Wildman–Crippen LogP) is 4.14. The number of sulfonamides is 1. The number of methoxy groups -OCH3 is 1. The summed E-state index contributed by atoms with van der Waals surface area (Å²) in [5, 5.41) is 3.70. The van der Waals surface area contributed by atoms with Crippen LogP contribution in [0.1, 0.15) is 45.7 Å². The maximum absolute atomic E-state index is 13.3. The number of ether oxygens (including phenoxy) is 2. The smallest absolute Gasteiger partial charge is 0.418 e. The van der Waals surface area contributed by atoms with Crippen molar-refractivity contribution in [3.05, 3.63) is 47.5 Å². The van der Waals surface area contributed by atoms with Crippen molar-refractivity contribution in [1.29, 1.82) is 0 Å². The van der Waals surface area contributed by atoms with Crippen molar-refractivity contribution in [3.8, 4) is 11.6 Å². The van der Waals surface area contributed by atoms with Gasteiger partial charge in [0.15, 0.2) is 5.75 Å². The summed E-state index contributed by atoms with van der Waals surface area (Å²) in [5.74, 6) is 0.735. The van der Waals surface area contributed by atoms with Crippen LogP contribution >= 0.6 is 0 Å². The van der Waals surface area contributed by atoms with Crippen LogP contribution in [0.3, 0.4) is 0 Å². The average Bonchev–Trinajstić information content (AvgIpc) is 3.35. The minimum atomic E-state index is -3.62. The Balaban J connectivity index is 1.24. The molecule has 2 aromatic carbocycles. The van der Waals surface area contributed by atoms with Crippen LogP contribution in [0.25, 0.3) is 10.9 Å². The molecule has 2 aliphatic heterocycles. The van der Waals surface area contributed by atoms with Crippen LogP contribution < -0.4 is 19.5 Å². The summed E-state index contributed by atoms with van der Waals surface area (Å²) in [7, 11) is -0.345. The summed E-state index contributed by atoms with van der Waals surface area (Å²) in [5.41, 5.74) is 3.00. The van der Waals surface area contributed by atoms with Crippen molar-refractivity contribution in [2.24, 2.45) is 7.05 Å². The van der Waals surface area contributed by atoms with Gasteiger partial charge in [-0.25, -0.2) is 13.2 Å². The lowest BCUT2D eigenvalue weighted by Gasteiger charge is -2.39. The number of rotatable bonds is 10. The summed E-state index contributed by atoms with van der Waals surface area (Å²) in [6.45, 7) is 18.4. The van der Waals surface area contributed by atoms with Gasteiger partial charge in [0.2, 0.25) is 21.8 Å². The molecule has 2 aliphatic rings. The molecular weight excluding hydrogens is 659 g/mol. The van der Waals surface area contributed by atoms with Crippen LogP contribution in [0, 0.1) is 0 Å². The zero-order chi connectivity index (χ0) is 36.4. The predicted molar refractivity (Wildman–Crippen MR) is 198 cm³/mol. The van der Waals surface area contributed by atoms with Gasteiger partial charge >= 0.3 is 6.09 Å². The first-order chi connectivity index (χ1) is 23.5. The van der Waals surface area contributed by atoms with Gasteiger partial charge in [0, 0.05) is 83.4 Å². The molecule has 0 atom stereocenters. The molecule has 2 amide bonds. The van der Waals surface area contributed by atoms with E-state index in [0.717, 1.165) is 67.6 Å². The van der Waals surface area contributed by atoms with Crippen molar-refractivity contribution < 1.29 is 27.5 Å². The van der Waals surface area contributed by atoms with Gasteiger partial charge in [0.1, 0.15) is 0 Å². The number of aromatic nitrogens is 1. The quantitative estimate of drug-likeness (QED) is 0.319. The molecule has 13 nitrogen and oxygen atoms in total. The van der Waals surface area contributed by atoms with Crippen LogP contribution in [0.2, 0.25) is 0 Å². The van der Waals surface area contributed by atoms with Crippen LogP contribution in [0.4, 0.5) is 16.2 Å². The first kappa shape index (κ1) is 37.4. The Kier molecular flexibility index (Phi) is 11.4. The number of piperazine rings is 2. The number of hydrogen-bond donors (Lipinski definition) is 2. The number of para-hydroxylation sites is 1. The first-order valence-corrected chi connectivity index (χ1v) is 19.1. The molecule has 2 saturated heterocycles. The zero-order valence-electron chi connectivity index (χ0n) is 30.7. The highest BCUT2D eigenvalue weighted by molar-refractivity contribution is 7.92. The number of carbonyl (C=O) groups is 2. The Hall–Kier alpha value is -3.85. The number of amides is 2. The van der Waals surface area contributed by atoms with Crippen molar-refractivity contribution in [1.82, 2.24) is 24.2 Å². The van der Waals surface area contributed by atoms with Gasteiger partial charge in [-0.3, -0.25) is 29.5 Å². The molecule has 0 saturated carbocycles. The molecule has 0 radical (unpaired) electrons. The fraction of sp³-hybridized carbons (Fsp3) is 0.556. The molecule has 274 valence electrons. The average molecular weight is 712 g/mol. The Morgan fingerprint density at radius 1 is 0.920 bits per heavy atom. The molecule has 0 aliphatic carbocycles. The Morgan fingerprint density at radius 3 is 2.16 bits per heavy atom. The highest BCUT2D eigenvalue weighted by Crippen LogP contribution is 2.39. The molecule has 0 spiro atoms. The third kappa shape index (κ3) is 9.08. The van der Waals surface area contributed by atoms with E-state index in [2.05, 4.69) is 44.7 Å². The molecule has 14 heteroatoms. The molecule has 0 unspecified atom stereocenters. The van der Waals surface area contributed by atoms with Crippen molar-refractivity contribution >= 4 is 44.3 Å². The number of aryl methyl sites for hydroxylation is 1. The number of carbonyl (C=O) groups excluding carboxylic acids is 2. The number of nitrogens with one attached hydrogen (secondary N) is 2. The topological polar surface area (TPSA) is 129 Å². The Bertz CT molecular complexity index is 1800. The van der Waals surface area contributed by atoms with E-state index in [-0.39, 0.29) is 28.4 Å². The number of nitrogens with zero attached hydrogens (tertiary/aromatic N) is 5. The van der Waals surface area contributed by atoms with E-state index in [1.54, 1.807) is 12.1 Å². The second kappa shape index (κ2) is 15.2. The monoisotopic (exact) mass is 711 g/mol. The highest BCUT2D eigenvalue weighted by Gasteiger charge is 2.27. The third-order valence-electron chi connectivity index (χ3n) is 9.60. The number of fused-ring (bicyclic) bond motifs is 1. The molecule has 2 N–H and O–H groups in total. The second-order valence-corrected chi connectivity index (χ2v) is 16.5. The molecule has 1 aromatic heterocycles. The maximum Gasteiger partial charge on any atom is 0.418 e. The summed E-state index contributed by atoms with van der Waals surface area (Å²) in [4.78, 5) is 35.5. The fourth-order valence-electron chi connectivity index (χ4n) is 6.71. The third-order valence-corrected chi connectivity index (χ3v) is 10.2. The molecule has 50 heavy (non-hydrogen) atoms. The molecule has 5 rings (SSSR count). The second-order valence-electron chi connectivity index (χ2n) is 14.7. The van der Waals surface area contributed by atoms with Crippen LogP contribution in [0.5, 0.6) is 11.6 Å². The van der Waals surface area contributed by atoms with E-state index < -0.39 is 16.1 Å². The van der Waals surface area contributed by atoms with Crippen LogP contribution in [0.15, 0.2) is 36.4 Å². The summed E-state index contributed by atoms with van der Waals surface area (Å²) in [6, 6.07) is 11.9. The molecule has 2 fully saturated rings. The number of benzene rings is 2. The Labute approximate surface area is 296 Å². The van der Waals surface area contributed by atoms with Gasteiger partial charge in [-0.15, -0.1) is 0 Å². The lowest BCUT2D eigenvalue weighted by Crippen LogP contribution is -2.54. The Morgan fingerprint density at radius 2 is 1.56 bits per heavy atom. The summed E-state index contributed by atoms with van der Waals surface area (Å²) >= 11 is 0.